The lowest BCUT2D eigenvalue weighted by Gasteiger charge is -2.32. The molecule has 3 aromatic carbocycles. The Hall–Kier alpha value is -1.99. The molecule has 0 aliphatic rings. The second kappa shape index (κ2) is 14.8. The standard InChI is InChI=1S/C29H31BrCl2N2O2S/c1-20(2)16-33-29(36)27(15-21-7-4-3-5-8-21)34(17-22-9-6-10-24(30)13-22)28(35)19-37-18-23-11-12-25(31)26(32)14-23/h3-14,20,27H,15-19H2,1-2H3,(H,33,36). The van der Waals surface area contributed by atoms with Gasteiger partial charge in [0, 0.05) is 29.7 Å². The van der Waals surface area contributed by atoms with Gasteiger partial charge in [-0.05, 0) is 46.9 Å². The normalized spacial score (nSPS) is 11.8. The van der Waals surface area contributed by atoms with Crippen LogP contribution in [0.15, 0.2) is 77.3 Å². The molecule has 1 N–H and O–H groups in total. The van der Waals surface area contributed by atoms with E-state index in [2.05, 4.69) is 35.1 Å². The molecule has 0 fully saturated rings. The van der Waals surface area contributed by atoms with E-state index in [4.69, 9.17) is 23.2 Å². The number of hydrogen-bond donors (Lipinski definition) is 1. The van der Waals surface area contributed by atoms with Gasteiger partial charge in [0.2, 0.25) is 11.8 Å². The predicted molar refractivity (Wildman–Crippen MR) is 159 cm³/mol. The number of rotatable bonds is 12. The Morgan fingerprint density at radius 3 is 2.32 bits per heavy atom. The van der Waals surface area contributed by atoms with Crippen molar-refractivity contribution in [2.45, 2.75) is 38.6 Å². The second-order valence-corrected chi connectivity index (χ2v) is 12.0. The van der Waals surface area contributed by atoms with Crippen molar-refractivity contribution in [2.75, 3.05) is 12.3 Å². The zero-order valence-corrected chi connectivity index (χ0v) is 24.8. The molecular formula is C29H31BrCl2N2O2S. The topological polar surface area (TPSA) is 49.4 Å². The van der Waals surface area contributed by atoms with Gasteiger partial charge < -0.3 is 10.2 Å². The Kier molecular flexibility index (Phi) is 11.8. The van der Waals surface area contributed by atoms with E-state index in [0.29, 0.717) is 41.2 Å². The molecule has 0 aliphatic carbocycles. The van der Waals surface area contributed by atoms with Crippen LogP contribution >= 0.6 is 50.9 Å². The van der Waals surface area contributed by atoms with E-state index in [1.54, 1.807) is 11.0 Å². The number of hydrogen-bond acceptors (Lipinski definition) is 3. The highest BCUT2D eigenvalue weighted by Gasteiger charge is 2.30. The summed E-state index contributed by atoms with van der Waals surface area (Å²) in [5, 5.41) is 4.05. The molecule has 0 aliphatic heterocycles. The fourth-order valence-electron chi connectivity index (χ4n) is 3.78. The summed E-state index contributed by atoms with van der Waals surface area (Å²) in [7, 11) is 0. The molecule has 3 rings (SSSR count). The number of halogens is 3. The van der Waals surface area contributed by atoms with Gasteiger partial charge in [-0.1, -0.05) is 102 Å². The first-order valence-electron chi connectivity index (χ1n) is 12.1. The Morgan fingerprint density at radius 1 is 0.919 bits per heavy atom. The van der Waals surface area contributed by atoms with Crippen molar-refractivity contribution >= 4 is 62.7 Å². The number of carbonyl (C=O) groups is 2. The van der Waals surface area contributed by atoms with Crippen molar-refractivity contribution in [1.82, 2.24) is 10.2 Å². The van der Waals surface area contributed by atoms with Crippen LogP contribution in [0.5, 0.6) is 0 Å². The van der Waals surface area contributed by atoms with E-state index >= 15 is 0 Å². The third-order valence-electron chi connectivity index (χ3n) is 5.68. The highest BCUT2D eigenvalue weighted by Crippen LogP contribution is 2.25. The summed E-state index contributed by atoms with van der Waals surface area (Å²) in [6, 6.07) is 22.5. The van der Waals surface area contributed by atoms with E-state index in [0.717, 1.165) is 21.2 Å². The van der Waals surface area contributed by atoms with Crippen LogP contribution in [0.4, 0.5) is 0 Å². The zero-order chi connectivity index (χ0) is 26.8. The van der Waals surface area contributed by atoms with Gasteiger partial charge in [-0.15, -0.1) is 11.8 Å². The summed E-state index contributed by atoms with van der Waals surface area (Å²) < 4.78 is 0.926. The zero-order valence-electron chi connectivity index (χ0n) is 20.9. The molecular weight excluding hydrogens is 591 g/mol. The van der Waals surface area contributed by atoms with E-state index in [1.807, 2.05) is 66.7 Å². The molecule has 0 heterocycles. The minimum atomic E-state index is -0.641. The van der Waals surface area contributed by atoms with Crippen molar-refractivity contribution in [1.29, 1.82) is 0 Å². The van der Waals surface area contributed by atoms with Gasteiger partial charge in [-0.2, -0.15) is 0 Å². The first kappa shape index (κ1) is 29.6. The first-order chi connectivity index (χ1) is 17.7. The Balaban J connectivity index is 1.84. The first-order valence-corrected chi connectivity index (χ1v) is 14.8. The van der Waals surface area contributed by atoms with Crippen molar-refractivity contribution in [3.8, 4) is 0 Å². The molecule has 3 aromatic rings. The molecule has 8 heteroatoms. The van der Waals surface area contributed by atoms with E-state index in [-0.39, 0.29) is 17.6 Å². The van der Waals surface area contributed by atoms with Crippen LogP contribution in [-0.2, 0) is 28.3 Å². The van der Waals surface area contributed by atoms with E-state index in [9.17, 15) is 9.59 Å². The van der Waals surface area contributed by atoms with Crippen LogP contribution in [-0.4, -0.2) is 35.1 Å². The minimum absolute atomic E-state index is 0.0920. The average molecular weight is 622 g/mol. The van der Waals surface area contributed by atoms with Crippen LogP contribution in [0.1, 0.15) is 30.5 Å². The smallest absolute Gasteiger partial charge is 0.243 e. The molecule has 0 aromatic heterocycles. The maximum absolute atomic E-state index is 13.7. The van der Waals surface area contributed by atoms with Gasteiger partial charge in [0.25, 0.3) is 0 Å². The number of nitrogens with zero attached hydrogens (tertiary/aromatic N) is 1. The quantitative estimate of drug-likeness (QED) is 0.229. The number of carbonyl (C=O) groups excluding carboxylic acids is 2. The number of nitrogens with one attached hydrogen (secondary N) is 1. The number of amides is 2. The summed E-state index contributed by atoms with van der Waals surface area (Å²) in [5.74, 6) is 0.908. The highest BCUT2D eigenvalue weighted by atomic mass is 79.9. The van der Waals surface area contributed by atoms with Crippen LogP contribution in [0.25, 0.3) is 0 Å². The molecule has 0 saturated heterocycles. The molecule has 0 saturated carbocycles. The third kappa shape index (κ3) is 9.68. The maximum atomic E-state index is 13.7. The van der Waals surface area contributed by atoms with Gasteiger partial charge in [-0.25, -0.2) is 0 Å². The van der Waals surface area contributed by atoms with Crippen LogP contribution in [0, 0.1) is 5.92 Å². The fourth-order valence-corrected chi connectivity index (χ4v) is 5.40. The SMILES string of the molecule is CC(C)CNC(=O)C(Cc1ccccc1)N(Cc1cccc(Br)c1)C(=O)CSCc1ccc(Cl)c(Cl)c1. The molecule has 1 unspecified atom stereocenters. The summed E-state index contributed by atoms with van der Waals surface area (Å²) in [5.41, 5.74) is 2.94. The van der Waals surface area contributed by atoms with Crippen molar-refractivity contribution in [2.24, 2.45) is 5.92 Å². The average Bonchev–Trinajstić information content (AvgIpc) is 2.87. The second-order valence-electron chi connectivity index (χ2n) is 9.24. The van der Waals surface area contributed by atoms with Gasteiger partial charge >= 0.3 is 0 Å². The van der Waals surface area contributed by atoms with Crippen LogP contribution in [0.2, 0.25) is 10.0 Å². The summed E-state index contributed by atoms with van der Waals surface area (Å²) >= 11 is 17.2. The molecule has 37 heavy (non-hydrogen) atoms. The fraction of sp³-hybridized carbons (Fsp3) is 0.310. The van der Waals surface area contributed by atoms with Gasteiger partial charge in [0.15, 0.2) is 0 Å². The van der Waals surface area contributed by atoms with Crippen molar-refractivity contribution in [3.63, 3.8) is 0 Å². The largest absolute Gasteiger partial charge is 0.354 e. The lowest BCUT2D eigenvalue weighted by molar-refractivity contribution is -0.139. The summed E-state index contributed by atoms with van der Waals surface area (Å²) in [4.78, 5) is 28.9. The van der Waals surface area contributed by atoms with Gasteiger partial charge in [0.1, 0.15) is 6.04 Å². The summed E-state index contributed by atoms with van der Waals surface area (Å²) in [6.45, 7) is 4.99. The Labute approximate surface area is 242 Å². The minimum Gasteiger partial charge on any atom is -0.354 e. The van der Waals surface area contributed by atoms with Crippen LogP contribution in [0.3, 0.4) is 0 Å². The molecule has 0 radical (unpaired) electrons. The highest BCUT2D eigenvalue weighted by molar-refractivity contribution is 9.10. The number of thioether (sulfide) groups is 1. The maximum Gasteiger partial charge on any atom is 0.243 e. The monoisotopic (exact) mass is 620 g/mol. The van der Waals surface area contributed by atoms with E-state index < -0.39 is 6.04 Å². The molecule has 4 nitrogen and oxygen atoms in total. The third-order valence-corrected chi connectivity index (χ3v) is 7.90. The summed E-state index contributed by atoms with van der Waals surface area (Å²) in [6.07, 6.45) is 0.433. The van der Waals surface area contributed by atoms with Gasteiger partial charge in [-0.3, -0.25) is 9.59 Å². The van der Waals surface area contributed by atoms with Gasteiger partial charge in [0.05, 0.1) is 15.8 Å². The predicted octanol–water partition coefficient (Wildman–Crippen LogP) is 7.40. The molecule has 0 spiro atoms. The Bertz CT molecular complexity index is 1190. The van der Waals surface area contributed by atoms with E-state index in [1.165, 1.54) is 11.8 Å². The molecule has 2 amide bonds. The Morgan fingerprint density at radius 2 is 1.65 bits per heavy atom. The molecule has 196 valence electrons. The lowest BCUT2D eigenvalue weighted by atomic mass is 10.0. The molecule has 0 bridgehead atoms. The molecule has 1 atom stereocenters. The van der Waals surface area contributed by atoms with Crippen LogP contribution < -0.4 is 5.32 Å². The van der Waals surface area contributed by atoms with Crippen molar-refractivity contribution in [3.05, 3.63) is 104 Å². The van der Waals surface area contributed by atoms with Crippen molar-refractivity contribution < 1.29 is 9.59 Å². The number of benzene rings is 3. The lowest BCUT2D eigenvalue weighted by Crippen LogP contribution is -2.51.